The van der Waals surface area contributed by atoms with Crippen LogP contribution in [0.15, 0.2) is 70.4 Å². The van der Waals surface area contributed by atoms with E-state index in [9.17, 15) is 24.0 Å². The molecule has 6 N–H and O–H groups in total. The molecular formula is C28H24N8O6. The average Bonchev–Trinajstić information content (AvgIpc) is 3.48. The molecule has 5 aromatic rings. The van der Waals surface area contributed by atoms with Crippen LogP contribution in [0.25, 0.3) is 5.65 Å². The molecule has 0 saturated heterocycles. The van der Waals surface area contributed by atoms with Crippen molar-refractivity contribution in [3.63, 3.8) is 0 Å². The van der Waals surface area contributed by atoms with Crippen LogP contribution in [0.4, 0.5) is 11.4 Å². The summed E-state index contributed by atoms with van der Waals surface area (Å²) in [7, 11) is 0. The van der Waals surface area contributed by atoms with Gasteiger partial charge in [-0.1, -0.05) is 41.6 Å². The second-order valence-electron chi connectivity index (χ2n) is 9.46. The summed E-state index contributed by atoms with van der Waals surface area (Å²) in [5.41, 5.74) is 6.77. The first-order valence-electron chi connectivity index (χ1n) is 12.7. The van der Waals surface area contributed by atoms with E-state index >= 15 is 0 Å². The predicted molar refractivity (Wildman–Crippen MR) is 151 cm³/mol. The third-order valence-corrected chi connectivity index (χ3v) is 6.60. The van der Waals surface area contributed by atoms with Crippen LogP contribution in [0.3, 0.4) is 0 Å². The van der Waals surface area contributed by atoms with Crippen molar-refractivity contribution in [1.82, 2.24) is 30.4 Å². The lowest BCUT2D eigenvalue weighted by Gasteiger charge is -2.15. The maximum absolute atomic E-state index is 13.2. The number of carboxylic acids is 1. The van der Waals surface area contributed by atoms with Crippen molar-refractivity contribution in [2.45, 2.75) is 26.1 Å². The summed E-state index contributed by atoms with van der Waals surface area (Å²) in [5, 5.41) is 25.2. The van der Waals surface area contributed by atoms with Crippen molar-refractivity contribution in [2.24, 2.45) is 0 Å². The normalized spacial score (nSPS) is 11.7. The fourth-order valence-corrected chi connectivity index (χ4v) is 4.27. The molecule has 0 spiro atoms. The Labute approximate surface area is 236 Å². The lowest BCUT2D eigenvalue weighted by atomic mass is 10.1. The Bertz CT molecular complexity index is 1910. The number of amides is 2. The first-order valence-corrected chi connectivity index (χ1v) is 12.7. The monoisotopic (exact) mass is 568 g/mol. The second-order valence-corrected chi connectivity index (χ2v) is 9.46. The maximum atomic E-state index is 13.2. The second kappa shape index (κ2) is 11.3. The molecule has 0 saturated carbocycles. The van der Waals surface area contributed by atoms with E-state index in [0.29, 0.717) is 5.56 Å². The number of aromatic nitrogens is 4. The number of benzene rings is 2. The van der Waals surface area contributed by atoms with E-state index in [4.69, 9.17) is 10.8 Å². The van der Waals surface area contributed by atoms with Crippen molar-refractivity contribution in [3.8, 4) is 0 Å². The number of nitrogens with zero attached hydrogens (tertiary/aromatic N) is 4. The molecule has 0 bridgehead atoms. The Balaban J connectivity index is 1.26. The zero-order valence-electron chi connectivity index (χ0n) is 22.1. The SMILES string of the molecule is C[C@H](NC(=O)c1cc(C(=O)NCc2cccc(CNc3c(N)c(=O)c3=O)c2)nc2cnnn12)c1ccc(C(=O)O)cc1. The number of nitrogens with two attached hydrogens (primary N) is 1. The van der Waals surface area contributed by atoms with Crippen LogP contribution in [-0.4, -0.2) is 42.7 Å². The maximum Gasteiger partial charge on any atom is 0.335 e. The molecular weight excluding hydrogens is 544 g/mol. The number of nitrogen functional groups attached to an aromatic ring is 1. The highest BCUT2D eigenvalue weighted by Gasteiger charge is 2.21. The van der Waals surface area contributed by atoms with E-state index in [1.54, 1.807) is 31.2 Å². The molecule has 212 valence electrons. The largest absolute Gasteiger partial charge is 0.478 e. The van der Waals surface area contributed by atoms with E-state index < -0.39 is 34.7 Å². The number of hydrogen-bond donors (Lipinski definition) is 5. The standard InChI is InChI=1S/C28H24N8O6/c1-14(17-5-7-18(8-6-17)28(41)42)33-27(40)20-10-19(34-21-13-32-35-36(20)21)26(39)31-12-16-4-2-3-15(9-16)11-30-23-22(29)24(37)25(23)38/h2-10,13-14,30H,11-12,29H2,1H3,(H,31,39)(H,33,40)(H,41,42)/t14-/m0/s1. The zero-order valence-corrected chi connectivity index (χ0v) is 22.1. The van der Waals surface area contributed by atoms with Crippen LogP contribution in [0.2, 0.25) is 0 Å². The topological polar surface area (TPSA) is 211 Å². The van der Waals surface area contributed by atoms with E-state index in [2.05, 4.69) is 31.2 Å². The molecule has 1 atom stereocenters. The highest BCUT2D eigenvalue weighted by molar-refractivity contribution is 5.98. The first kappa shape index (κ1) is 27.6. The number of hydrogen-bond acceptors (Lipinski definition) is 10. The Hall–Kier alpha value is -5.92. The fraction of sp³-hybridized carbons (Fsp3) is 0.143. The summed E-state index contributed by atoms with van der Waals surface area (Å²) in [6.07, 6.45) is 1.32. The minimum absolute atomic E-state index is 0.0261. The molecule has 2 amide bonds. The number of aromatic carboxylic acids is 1. The molecule has 3 aromatic carbocycles. The molecule has 0 unspecified atom stereocenters. The van der Waals surface area contributed by atoms with E-state index in [1.165, 1.54) is 28.9 Å². The molecule has 42 heavy (non-hydrogen) atoms. The van der Waals surface area contributed by atoms with Gasteiger partial charge in [-0.25, -0.2) is 9.78 Å². The van der Waals surface area contributed by atoms with Gasteiger partial charge in [-0.05, 0) is 35.7 Å². The summed E-state index contributed by atoms with van der Waals surface area (Å²) >= 11 is 0. The number of anilines is 2. The van der Waals surface area contributed by atoms with E-state index in [1.807, 2.05) is 12.1 Å². The minimum Gasteiger partial charge on any atom is -0.478 e. The molecule has 0 radical (unpaired) electrons. The van der Waals surface area contributed by atoms with Crippen LogP contribution in [-0.2, 0) is 13.1 Å². The molecule has 0 aliphatic rings. The van der Waals surface area contributed by atoms with Gasteiger partial charge in [0.15, 0.2) is 5.65 Å². The Morgan fingerprint density at radius 1 is 0.976 bits per heavy atom. The van der Waals surface area contributed by atoms with Gasteiger partial charge >= 0.3 is 5.97 Å². The van der Waals surface area contributed by atoms with Gasteiger partial charge in [-0.3, -0.25) is 19.2 Å². The highest BCUT2D eigenvalue weighted by Crippen LogP contribution is 2.16. The van der Waals surface area contributed by atoms with Crippen LogP contribution >= 0.6 is 0 Å². The third-order valence-electron chi connectivity index (χ3n) is 6.60. The van der Waals surface area contributed by atoms with Crippen molar-refractivity contribution in [3.05, 3.63) is 115 Å². The number of rotatable bonds is 10. The smallest absolute Gasteiger partial charge is 0.335 e. The molecule has 0 aliphatic heterocycles. The van der Waals surface area contributed by atoms with Crippen LogP contribution < -0.4 is 32.5 Å². The van der Waals surface area contributed by atoms with Crippen molar-refractivity contribution in [1.29, 1.82) is 0 Å². The van der Waals surface area contributed by atoms with Gasteiger partial charge < -0.3 is 26.8 Å². The quantitative estimate of drug-likeness (QED) is 0.150. The fourth-order valence-electron chi connectivity index (χ4n) is 4.27. The van der Waals surface area contributed by atoms with Crippen LogP contribution in [0.1, 0.15) is 61.0 Å². The molecule has 2 aromatic heterocycles. The summed E-state index contributed by atoms with van der Waals surface area (Å²) in [5.74, 6) is -2.13. The Kier molecular flexibility index (Phi) is 7.43. The minimum atomic E-state index is -1.05. The number of fused-ring (bicyclic) bond motifs is 1. The first-order chi connectivity index (χ1) is 20.1. The molecule has 14 nitrogen and oxygen atoms in total. The summed E-state index contributed by atoms with van der Waals surface area (Å²) < 4.78 is 1.21. The number of carboxylic acid groups (broad SMARTS) is 1. The predicted octanol–water partition coefficient (Wildman–Crippen LogP) is 1.03. The van der Waals surface area contributed by atoms with Gasteiger partial charge in [-0.2, -0.15) is 4.52 Å². The van der Waals surface area contributed by atoms with E-state index in [-0.39, 0.29) is 47.1 Å². The van der Waals surface area contributed by atoms with Gasteiger partial charge in [-0.15, -0.1) is 5.10 Å². The summed E-state index contributed by atoms with van der Waals surface area (Å²) in [4.78, 5) is 64.5. The van der Waals surface area contributed by atoms with Crippen molar-refractivity contribution >= 4 is 34.8 Å². The summed E-state index contributed by atoms with van der Waals surface area (Å²) in [6.45, 7) is 2.13. The number of nitrogens with one attached hydrogen (secondary N) is 3. The van der Waals surface area contributed by atoms with Crippen molar-refractivity contribution < 1.29 is 19.5 Å². The van der Waals surface area contributed by atoms with E-state index in [0.717, 1.165) is 11.1 Å². The van der Waals surface area contributed by atoms with Gasteiger partial charge in [0.1, 0.15) is 22.8 Å². The summed E-state index contributed by atoms with van der Waals surface area (Å²) in [6, 6.07) is 14.1. The lowest BCUT2D eigenvalue weighted by molar-refractivity contribution is 0.0696. The average molecular weight is 569 g/mol. The van der Waals surface area contributed by atoms with Gasteiger partial charge in [0.05, 0.1) is 17.8 Å². The molecule has 14 heteroatoms. The molecule has 2 heterocycles. The van der Waals surface area contributed by atoms with Gasteiger partial charge in [0.2, 0.25) is 0 Å². The third kappa shape index (κ3) is 5.54. The highest BCUT2D eigenvalue weighted by atomic mass is 16.4. The Morgan fingerprint density at radius 2 is 1.69 bits per heavy atom. The van der Waals surface area contributed by atoms with Gasteiger partial charge in [0.25, 0.3) is 22.7 Å². The molecule has 5 rings (SSSR count). The number of carbonyl (C=O) groups is 3. The van der Waals surface area contributed by atoms with Crippen LogP contribution in [0, 0.1) is 0 Å². The van der Waals surface area contributed by atoms with Crippen molar-refractivity contribution in [2.75, 3.05) is 11.1 Å². The van der Waals surface area contributed by atoms with Crippen LogP contribution in [0.5, 0.6) is 0 Å². The molecule has 0 aliphatic carbocycles. The zero-order chi connectivity index (χ0) is 30.0. The number of carbonyl (C=O) groups excluding carboxylic acids is 2. The lowest BCUT2D eigenvalue weighted by Crippen LogP contribution is -2.36. The molecule has 0 fully saturated rings. The van der Waals surface area contributed by atoms with Gasteiger partial charge in [0, 0.05) is 19.2 Å². The Morgan fingerprint density at radius 3 is 2.38 bits per heavy atom.